The van der Waals surface area contributed by atoms with Gasteiger partial charge in [0.1, 0.15) is 0 Å². The molecule has 1 aliphatic carbocycles. The minimum atomic E-state index is -0.599. The summed E-state index contributed by atoms with van der Waals surface area (Å²) in [6.45, 7) is 4.03. The van der Waals surface area contributed by atoms with Crippen LogP contribution in [0, 0.1) is 13.8 Å². The Labute approximate surface area is 96.8 Å². The minimum absolute atomic E-state index is 0.131. The van der Waals surface area contributed by atoms with E-state index < -0.39 is 5.54 Å². The summed E-state index contributed by atoms with van der Waals surface area (Å²) in [7, 11) is 0. The first-order valence-electron chi connectivity index (χ1n) is 5.94. The molecule has 1 saturated carbocycles. The molecule has 0 bridgehead atoms. The highest BCUT2D eigenvalue weighted by Gasteiger charge is 2.37. The van der Waals surface area contributed by atoms with Gasteiger partial charge >= 0.3 is 0 Å². The van der Waals surface area contributed by atoms with Crippen molar-refractivity contribution in [3.8, 4) is 0 Å². The van der Waals surface area contributed by atoms with Gasteiger partial charge < -0.3 is 5.73 Å². The molecule has 2 nitrogen and oxygen atoms in total. The summed E-state index contributed by atoms with van der Waals surface area (Å²) in [5.41, 5.74) is 8.65. The molecule has 1 aliphatic rings. The molecule has 0 spiro atoms. The molecular weight excluding hydrogens is 198 g/mol. The van der Waals surface area contributed by atoms with Crippen LogP contribution in [0.4, 0.5) is 0 Å². The van der Waals surface area contributed by atoms with Gasteiger partial charge in [0, 0.05) is 5.56 Å². The van der Waals surface area contributed by atoms with Gasteiger partial charge in [-0.05, 0) is 37.8 Å². The lowest BCUT2D eigenvalue weighted by atomic mass is 9.86. The van der Waals surface area contributed by atoms with Gasteiger partial charge in [-0.2, -0.15) is 0 Å². The van der Waals surface area contributed by atoms with Gasteiger partial charge in [0.05, 0.1) is 5.54 Å². The number of Topliss-reactive ketones (excluding diaryl/α,β-unsaturated/α-hetero) is 1. The first-order valence-corrected chi connectivity index (χ1v) is 5.94. The van der Waals surface area contributed by atoms with Crippen LogP contribution in [0.2, 0.25) is 0 Å². The fraction of sp³-hybridized carbons (Fsp3) is 0.500. The topological polar surface area (TPSA) is 43.1 Å². The van der Waals surface area contributed by atoms with Crippen LogP contribution in [-0.2, 0) is 0 Å². The molecule has 0 amide bonds. The van der Waals surface area contributed by atoms with E-state index in [2.05, 4.69) is 0 Å². The summed E-state index contributed by atoms with van der Waals surface area (Å²) in [5.74, 6) is 0.131. The third kappa shape index (κ3) is 1.78. The monoisotopic (exact) mass is 217 g/mol. The molecule has 1 aromatic rings. The summed E-state index contributed by atoms with van der Waals surface area (Å²) in [5, 5.41) is 0. The van der Waals surface area contributed by atoms with E-state index in [9.17, 15) is 4.79 Å². The van der Waals surface area contributed by atoms with Gasteiger partial charge in [-0.25, -0.2) is 0 Å². The molecule has 2 N–H and O–H groups in total. The number of carbonyl (C=O) groups excluding carboxylic acids is 1. The lowest BCUT2D eigenvalue weighted by molar-refractivity contribution is 0.0891. The van der Waals surface area contributed by atoms with Crippen LogP contribution in [0.25, 0.3) is 0 Å². The number of benzene rings is 1. The van der Waals surface area contributed by atoms with E-state index >= 15 is 0 Å². The SMILES string of the molecule is Cc1cccc(C(=O)C2(N)CCCC2)c1C. The van der Waals surface area contributed by atoms with Crippen molar-refractivity contribution < 1.29 is 4.79 Å². The fourth-order valence-electron chi connectivity index (χ4n) is 2.50. The molecule has 0 heterocycles. The van der Waals surface area contributed by atoms with Crippen molar-refractivity contribution in [2.75, 3.05) is 0 Å². The second-order valence-electron chi connectivity index (χ2n) is 4.94. The van der Waals surface area contributed by atoms with E-state index in [1.165, 1.54) is 0 Å². The molecule has 0 radical (unpaired) electrons. The Kier molecular flexibility index (Phi) is 2.85. The second-order valence-corrected chi connectivity index (χ2v) is 4.94. The van der Waals surface area contributed by atoms with Crippen LogP contribution in [0.5, 0.6) is 0 Å². The quantitative estimate of drug-likeness (QED) is 0.774. The molecule has 0 aromatic heterocycles. The Balaban J connectivity index is 2.37. The van der Waals surface area contributed by atoms with Crippen molar-refractivity contribution in [1.82, 2.24) is 0 Å². The third-order valence-electron chi connectivity index (χ3n) is 3.80. The zero-order valence-electron chi connectivity index (χ0n) is 10.0. The normalized spacial score (nSPS) is 18.7. The van der Waals surface area contributed by atoms with Crippen LogP contribution in [-0.4, -0.2) is 11.3 Å². The van der Waals surface area contributed by atoms with Gasteiger partial charge in [0.25, 0.3) is 0 Å². The molecule has 86 valence electrons. The minimum Gasteiger partial charge on any atom is -0.319 e. The van der Waals surface area contributed by atoms with Gasteiger partial charge in [-0.1, -0.05) is 31.0 Å². The Morgan fingerprint density at radius 1 is 1.25 bits per heavy atom. The van der Waals surface area contributed by atoms with Gasteiger partial charge in [0.15, 0.2) is 5.78 Å². The fourth-order valence-corrected chi connectivity index (χ4v) is 2.50. The zero-order chi connectivity index (χ0) is 11.8. The predicted octanol–water partition coefficient (Wildman–Crippen LogP) is 2.76. The van der Waals surface area contributed by atoms with E-state index in [0.717, 1.165) is 42.4 Å². The van der Waals surface area contributed by atoms with E-state index in [1.807, 2.05) is 32.0 Å². The summed E-state index contributed by atoms with van der Waals surface area (Å²) in [6.07, 6.45) is 3.82. The maximum atomic E-state index is 12.4. The molecule has 0 aliphatic heterocycles. The molecule has 1 aromatic carbocycles. The zero-order valence-corrected chi connectivity index (χ0v) is 10.0. The highest BCUT2D eigenvalue weighted by atomic mass is 16.1. The lowest BCUT2D eigenvalue weighted by Gasteiger charge is -2.23. The highest BCUT2D eigenvalue weighted by molar-refractivity contribution is 6.04. The molecule has 16 heavy (non-hydrogen) atoms. The van der Waals surface area contributed by atoms with Gasteiger partial charge in [-0.3, -0.25) is 4.79 Å². The van der Waals surface area contributed by atoms with Crippen molar-refractivity contribution in [1.29, 1.82) is 0 Å². The van der Waals surface area contributed by atoms with Gasteiger partial charge in [-0.15, -0.1) is 0 Å². The Bertz CT molecular complexity index is 417. The van der Waals surface area contributed by atoms with E-state index in [-0.39, 0.29) is 5.78 Å². The van der Waals surface area contributed by atoms with Crippen molar-refractivity contribution in [3.63, 3.8) is 0 Å². The van der Waals surface area contributed by atoms with E-state index in [4.69, 9.17) is 5.73 Å². The summed E-state index contributed by atoms with van der Waals surface area (Å²) < 4.78 is 0. The molecule has 0 unspecified atom stereocenters. The molecule has 2 heteroatoms. The number of nitrogens with two attached hydrogens (primary N) is 1. The number of ketones is 1. The second kappa shape index (κ2) is 4.02. The lowest BCUT2D eigenvalue weighted by Crippen LogP contribution is -2.45. The standard InChI is InChI=1S/C14H19NO/c1-10-6-5-7-12(11(10)2)13(16)14(15)8-3-4-9-14/h5-7H,3-4,8-9,15H2,1-2H3. The summed E-state index contributed by atoms with van der Waals surface area (Å²) >= 11 is 0. The predicted molar refractivity (Wildman–Crippen MR) is 65.6 cm³/mol. The number of carbonyl (C=O) groups is 1. The Morgan fingerprint density at radius 2 is 1.88 bits per heavy atom. The van der Waals surface area contributed by atoms with Crippen LogP contribution in [0.1, 0.15) is 47.2 Å². The maximum absolute atomic E-state index is 12.4. The molecular formula is C14H19NO. The smallest absolute Gasteiger partial charge is 0.182 e. The van der Waals surface area contributed by atoms with Crippen molar-refractivity contribution in [3.05, 3.63) is 34.9 Å². The van der Waals surface area contributed by atoms with E-state index in [1.54, 1.807) is 0 Å². The molecule has 2 rings (SSSR count). The molecule has 1 fully saturated rings. The summed E-state index contributed by atoms with van der Waals surface area (Å²) in [4.78, 5) is 12.4. The Morgan fingerprint density at radius 3 is 2.50 bits per heavy atom. The van der Waals surface area contributed by atoms with Crippen LogP contribution in [0.15, 0.2) is 18.2 Å². The first kappa shape index (κ1) is 11.3. The number of hydrogen-bond acceptors (Lipinski definition) is 2. The number of rotatable bonds is 2. The molecule has 0 saturated heterocycles. The largest absolute Gasteiger partial charge is 0.319 e. The average molecular weight is 217 g/mol. The number of hydrogen-bond donors (Lipinski definition) is 1. The number of aryl methyl sites for hydroxylation is 1. The van der Waals surface area contributed by atoms with Crippen molar-refractivity contribution >= 4 is 5.78 Å². The average Bonchev–Trinajstić information content (AvgIpc) is 2.70. The third-order valence-corrected chi connectivity index (χ3v) is 3.80. The van der Waals surface area contributed by atoms with Crippen LogP contribution < -0.4 is 5.73 Å². The summed E-state index contributed by atoms with van der Waals surface area (Å²) in [6, 6.07) is 5.87. The molecule has 0 atom stereocenters. The van der Waals surface area contributed by atoms with Crippen molar-refractivity contribution in [2.24, 2.45) is 5.73 Å². The Hall–Kier alpha value is -1.15. The highest BCUT2D eigenvalue weighted by Crippen LogP contribution is 2.31. The van der Waals surface area contributed by atoms with Crippen LogP contribution >= 0.6 is 0 Å². The van der Waals surface area contributed by atoms with E-state index in [0.29, 0.717) is 0 Å². The first-order chi connectivity index (χ1) is 7.54. The van der Waals surface area contributed by atoms with Crippen LogP contribution in [0.3, 0.4) is 0 Å². The van der Waals surface area contributed by atoms with Gasteiger partial charge in [0.2, 0.25) is 0 Å². The van der Waals surface area contributed by atoms with Crippen molar-refractivity contribution in [2.45, 2.75) is 45.1 Å². The maximum Gasteiger partial charge on any atom is 0.182 e.